The van der Waals surface area contributed by atoms with Crippen LogP contribution in [0.2, 0.25) is 0 Å². The van der Waals surface area contributed by atoms with Gasteiger partial charge in [0.1, 0.15) is 0 Å². The molecule has 236 valence electrons. The predicted octanol–water partition coefficient (Wildman–Crippen LogP) is 14.4. The van der Waals surface area contributed by atoms with Gasteiger partial charge in [-0.05, 0) is 178 Å². The van der Waals surface area contributed by atoms with E-state index in [1.165, 1.54) is 131 Å². The molecule has 1 aliphatic carbocycles. The van der Waals surface area contributed by atoms with Gasteiger partial charge in [0.2, 0.25) is 0 Å². The van der Waals surface area contributed by atoms with Crippen molar-refractivity contribution in [2.75, 3.05) is 0 Å². The van der Waals surface area contributed by atoms with Crippen molar-refractivity contribution in [1.82, 2.24) is 0 Å². The highest BCUT2D eigenvalue weighted by Gasteiger charge is 2.28. The summed E-state index contributed by atoms with van der Waals surface area (Å²) in [7, 11) is 0. The number of rotatable bonds is 2. The molecule has 0 saturated heterocycles. The molecule has 0 heterocycles. The van der Waals surface area contributed by atoms with Crippen LogP contribution in [0.4, 0.5) is 0 Å². The van der Waals surface area contributed by atoms with Crippen molar-refractivity contribution in [3.8, 4) is 11.1 Å². The van der Waals surface area contributed by atoms with E-state index in [9.17, 15) is 0 Å². The lowest BCUT2D eigenvalue weighted by molar-refractivity contribution is 1.06. The topological polar surface area (TPSA) is 0 Å². The Morgan fingerprint density at radius 2 is 1.12 bits per heavy atom. The van der Waals surface area contributed by atoms with Gasteiger partial charge in [0.15, 0.2) is 0 Å². The fourth-order valence-electron chi connectivity index (χ4n) is 9.69. The Balaban J connectivity index is 1.52. The van der Waals surface area contributed by atoms with Crippen molar-refractivity contribution in [3.63, 3.8) is 0 Å². The number of hydrogen-bond acceptors (Lipinski definition) is 0. The molecule has 10 aromatic carbocycles. The van der Waals surface area contributed by atoms with E-state index in [-0.39, 0.29) is 0 Å². The summed E-state index contributed by atoms with van der Waals surface area (Å²) in [6, 6.07) is 40.1. The molecular formula is C50H36. The molecule has 50 heavy (non-hydrogen) atoms. The van der Waals surface area contributed by atoms with Crippen LogP contribution in [0.3, 0.4) is 0 Å². The zero-order valence-corrected chi connectivity index (χ0v) is 29.0. The van der Waals surface area contributed by atoms with E-state index < -0.39 is 0 Å². The molecule has 0 unspecified atom stereocenters. The van der Waals surface area contributed by atoms with Crippen LogP contribution in [0.5, 0.6) is 0 Å². The normalized spacial score (nSPS) is 13.9. The van der Waals surface area contributed by atoms with E-state index >= 15 is 0 Å². The maximum atomic E-state index is 2.57. The van der Waals surface area contributed by atoms with Gasteiger partial charge in [-0.3, -0.25) is 0 Å². The lowest BCUT2D eigenvalue weighted by Crippen LogP contribution is -1.95. The third-order valence-corrected chi connectivity index (χ3v) is 11.9. The predicted molar refractivity (Wildman–Crippen MR) is 220 cm³/mol. The second-order valence-corrected chi connectivity index (χ2v) is 15.0. The second-order valence-electron chi connectivity index (χ2n) is 15.0. The van der Waals surface area contributed by atoms with Crippen LogP contribution in [0.25, 0.3) is 103 Å². The molecule has 0 amide bonds. The molecule has 0 atom stereocenters. The number of benzene rings is 8. The second kappa shape index (κ2) is 9.93. The first-order chi connectivity index (χ1) is 24.5. The SMILES string of the molecule is Cc1ccc2c(c1)cc1c3c(C4=CC=CCC4)c4c(cc5c6cc(C)c(C)cc6c6cccc4c65)c(-c4ccccc4)c3c3cc(C)cc2c31. The Morgan fingerprint density at radius 3 is 1.92 bits per heavy atom. The monoisotopic (exact) mass is 636 g/mol. The number of aryl methyl sites for hydroxylation is 4. The van der Waals surface area contributed by atoms with E-state index in [0.717, 1.165) is 12.8 Å². The Morgan fingerprint density at radius 1 is 0.420 bits per heavy atom. The zero-order chi connectivity index (χ0) is 33.4. The van der Waals surface area contributed by atoms with Gasteiger partial charge in [-0.1, -0.05) is 115 Å². The van der Waals surface area contributed by atoms with Gasteiger partial charge < -0.3 is 0 Å². The molecule has 10 aromatic rings. The first kappa shape index (κ1) is 28.2. The quantitative estimate of drug-likeness (QED) is 0.166. The van der Waals surface area contributed by atoms with Gasteiger partial charge in [0.05, 0.1) is 0 Å². The van der Waals surface area contributed by atoms with Crippen molar-refractivity contribution in [3.05, 3.63) is 149 Å². The fraction of sp³-hybridized carbons (Fsp3) is 0.120. The van der Waals surface area contributed by atoms with Gasteiger partial charge in [-0.2, -0.15) is 0 Å². The van der Waals surface area contributed by atoms with E-state index in [1.807, 2.05) is 0 Å². The molecule has 0 radical (unpaired) electrons. The zero-order valence-electron chi connectivity index (χ0n) is 29.0. The van der Waals surface area contributed by atoms with Crippen LogP contribution >= 0.6 is 0 Å². The Kier molecular flexibility index (Phi) is 5.59. The van der Waals surface area contributed by atoms with Crippen molar-refractivity contribution in [2.24, 2.45) is 0 Å². The molecule has 0 bridgehead atoms. The largest absolute Gasteiger partial charge is 0.0842 e. The van der Waals surface area contributed by atoms with Crippen molar-refractivity contribution in [2.45, 2.75) is 40.5 Å². The number of fused-ring (bicyclic) bond motifs is 10. The number of allylic oxidation sites excluding steroid dienone is 4. The first-order valence-corrected chi connectivity index (χ1v) is 18.1. The third-order valence-electron chi connectivity index (χ3n) is 11.9. The molecule has 0 aliphatic heterocycles. The minimum Gasteiger partial charge on any atom is -0.0842 e. The summed E-state index contributed by atoms with van der Waals surface area (Å²) in [5, 5.41) is 22.0. The van der Waals surface area contributed by atoms with Gasteiger partial charge in [-0.15, -0.1) is 0 Å². The molecule has 0 heteroatoms. The molecule has 0 nitrogen and oxygen atoms in total. The average molecular weight is 637 g/mol. The summed E-state index contributed by atoms with van der Waals surface area (Å²) >= 11 is 0. The molecular weight excluding hydrogens is 601 g/mol. The molecule has 1 aliphatic rings. The molecule has 0 saturated carbocycles. The third kappa shape index (κ3) is 3.61. The lowest BCUT2D eigenvalue weighted by atomic mass is 9.82. The number of hydrogen-bond donors (Lipinski definition) is 0. The van der Waals surface area contributed by atoms with Gasteiger partial charge in [0, 0.05) is 0 Å². The maximum Gasteiger partial charge on any atom is -0.000742 e. The van der Waals surface area contributed by atoms with Gasteiger partial charge in [0.25, 0.3) is 0 Å². The highest BCUT2D eigenvalue weighted by Crippen LogP contribution is 2.55. The van der Waals surface area contributed by atoms with E-state index in [0.29, 0.717) is 0 Å². The summed E-state index contributed by atoms with van der Waals surface area (Å²) in [5.74, 6) is 0. The van der Waals surface area contributed by atoms with Crippen molar-refractivity contribution >= 4 is 91.8 Å². The standard InChI is InChI=1S/C50H36/c1-27-18-19-34-33(20-27)25-42-47-39(34)21-28(2)22-41(47)49-44(31-12-7-5-8-13-31)43-26-40-38-24-30(4)29(3)23-37(38)35-16-11-17-36(46(35)40)48(43)45(50(42)49)32-14-9-6-10-15-32/h5-9,11-14,16-26H,10,15H2,1-4H3. The summed E-state index contributed by atoms with van der Waals surface area (Å²) < 4.78 is 0. The molecule has 0 spiro atoms. The summed E-state index contributed by atoms with van der Waals surface area (Å²) in [5.41, 5.74) is 10.8. The minimum absolute atomic E-state index is 1.04. The van der Waals surface area contributed by atoms with Crippen LogP contribution in [0, 0.1) is 27.7 Å². The van der Waals surface area contributed by atoms with Crippen LogP contribution in [-0.2, 0) is 0 Å². The van der Waals surface area contributed by atoms with Gasteiger partial charge >= 0.3 is 0 Å². The summed E-state index contributed by atoms with van der Waals surface area (Å²) in [6.07, 6.45) is 9.11. The molecule has 0 fully saturated rings. The van der Waals surface area contributed by atoms with Crippen LogP contribution in [0.1, 0.15) is 40.7 Å². The van der Waals surface area contributed by atoms with Crippen molar-refractivity contribution < 1.29 is 0 Å². The van der Waals surface area contributed by atoms with E-state index in [2.05, 4.69) is 149 Å². The van der Waals surface area contributed by atoms with E-state index in [4.69, 9.17) is 0 Å². The maximum absolute atomic E-state index is 2.57. The Labute approximate surface area is 291 Å². The first-order valence-electron chi connectivity index (χ1n) is 18.1. The average Bonchev–Trinajstić information content (AvgIpc) is 3.60. The van der Waals surface area contributed by atoms with Crippen molar-refractivity contribution in [1.29, 1.82) is 0 Å². The van der Waals surface area contributed by atoms with E-state index in [1.54, 1.807) is 0 Å². The lowest BCUT2D eigenvalue weighted by Gasteiger charge is -2.21. The minimum atomic E-state index is 1.04. The van der Waals surface area contributed by atoms with Crippen LogP contribution in [0.15, 0.2) is 121 Å². The molecule has 0 aromatic heterocycles. The Bertz CT molecular complexity index is 3150. The highest BCUT2D eigenvalue weighted by atomic mass is 14.3. The fourth-order valence-corrected chi connectivity index (χ4v) is 9.69. The molecule has 11 rings (SSSR count). The summed E-state index contributed by atoms with van der Waals surface area (Å²) in [6.45, 7) is 9.00. The van der Waals surface area contributed by atoms with Gasteiger partial charge in [-0.25, -0.2) is 0 Å². The van der Waals surface area contributed by atoms with Crippen LogP contribution in [-0.4, -0.2) is 0 Å². The Hall–Kier alpha value is -5.72. The highest BCUT2D eigenvalue weighted by molar-refractivity contribution is 6.44. The molecule has 0 N–H and O–H groups in total. The van der Waals surface area contributed by atoms with Crippen LogP contribution < -0.4 is 0 Å². The summed E-state index contributed by atoms with van der Waals surface area (Å²) in [4.78, 5) is 0. The smallest absolute Gasteiger partial charge is 0.000742 e.